The molecule has 40 heavy (non-hydrogen) atoms. The molecular formula is C27H33F4N7O2. The van der Waals surface area contributed by atoms with E-state index in [1.807, 2.05) is 4.90 Å². The van der Waals surface area contributed by atoms with Crippen molar-refractivity contribution in [1.29, 1.82) is 0 Å². The maximum atomic E-state index is 15.4. The Balaban J connectivity index is 1.41. The van der Waals surface area contributed by atoms with Crippen molar-refractivity contribution in [2.75, 3.05) is 52.3 Å². The molecule has 4 heterocycles. The molecule has 2 N–H and O–H groups in total. The number of aromatic nitrogens is 3. The first-order chi connectivity index (χ1) is 19.3. The third-order valence-electron chi connectivity index (χ3n) is 7.41. The number of piperidine rings is 1. The van der Waals surface area contributed by atoms with Crippen LogP contribution in [0.1, 0.15) is 18.9 Å². The van der Waals surface area contributed by atoms with E-state index in [1.54, 1.807) is 32.2 Å². The molecule has 3 atom stereocenters. The topological polar surface area (TPSA) is 88.3 Å². The lowest BCUT2D eigenvalue weighted by molar-refractivity contribution is 0.0918. The van der Waals surface area contributed by atoms with Crippen LogP contribution in [0.3, 0.4) is 0 Å². The number of ether oxygens (including phenoxy) is 2. The molecule has 1 aromatic carbocycles. The highest BCUT2D eigenvalue weighted by atomic mass is 19.3. The van der Waals surface area contributed by atoms with E-state index >= 15 is 4.39 Å². The van der Waals surface area contributed by atoms with Crippen LogP contribution >= 0.6 is 0 Å². The minimum absolute atomic E-state index is 0.132. The Hall–Kier alpha value is -3.29. The minimum Gasteiger partial charge on any atom is -0.479 e. The van der Waals surface area contributed by atoms with Crippen molar-refractivity contribution in [2.24, 2.45) is 4.99 Å². The number of methoxy groups -OCH3 is 2. The molecule has 5 rings (SSSR count). The van der Waals surface area contributed by atoms with E-state index in [-0.39, 0.29) is 30.0 Å². The molecule has 9 nitrogen and oxygen atoms in total. The number of halogens is 4. The van der Waals surface area contributed by atoms with Crippen LogP contribution in [0.25, 0.3) is 16.6 Å². The Bertz CT molecular complexity index is 1380. The second-order valence-corrected chi connectivity index (χ2v) is 10.1. The minimum atomic E-state index is -2.47. The Morgan fingerprint density at radius 2 is 2.05 bits per heavy atom. The number of anilines is 1. The molecule has 2 aromatic heterocycles. The number of nitrogens with zero attached hydrogens (tertiary/aromatic N) is 5. The smallest absolute Gasteiger partial charge is 0.250 e. The monoisotopic (exact) mass is 563 g/mol. The molecule has 0 amide bonds. The lowest BCUT2D eigenvalue weighted by Gasteiger charge is -2.34. The van der Waals surface area contributed by atoms with Gasteiger partial charge in [-0.05, 0) is 43.0 Å². The van der Waals surface area contributed by atoms with Crippen molar-refractivity contribution in [3.63, 3.8) is 0 Å². The number of likely N-dealkylation sites (tertiary alicyclic amines) is 1. The average molecular weight is 564 g/mol. The number of hydrogen-bond donors (Lipinski definition) is 2. The molecule has 2 aliphatic rings. The summed E-state index contributed by atoms with van der Waals surface area (Å²) in [5.74, 6) is -0.276. The number of nitrogens with one attached hydrogen (secondary N) is 2. The van der Waals surface area contributed by atoms with Crippen LogP contribution in [-0.2, 0) is 11.2 Å². The van der Waals surface area contributed by atoms with Gasteiger partial charge in [0.15, 0.2) is 5.82 Å². The maximum Gasteiger partial charge on any atom is 0.250 e. The summed E-state index contributed by atoms with van der Waals surface area (Å²) in [6, 6.07) is 4.49. The van der Waals surface area contributed by atoms with Crippen molar-refractivity contribution in [2.45, 2.75) is 44.4 Å². The zero-order chi connectivity index (χ0) is 28.4. The quantitative estimate of drug-likeness (QED) is 0.362. The molecule has 216 valence electrons. The second-order valence-electron chi connectivity index (χ2n) is 10.1. The van der Waals surface area contributed by atoms with Gasteiger partial charge in [0, 0.05) is 38.5 Å². The number of aliphatic imine (C=N–C) groups is 1. The molecule has 0 bridgehead atoms. The van der Waals surface area contributed by atoms with Crippen molar-refractivity contribution in [3.8, 4) is 17.0 Å². The van der Waals surface area contributed by atoms with E-state index in [4.69, 9.17) is 9.47 Å². The fourth-order valence-corrected chi connectivity index (χ4v) is 5.32. The summed E-state index contributed by atoms with van der Waals surface area (Å²) >= 11 is 0. The predicted octanol–water partition coefficient (Wildman–Crippen LogP) is 3.89. The highest BCUT2D eigenvalue weighted by Gasteiger charge is 2.30. The number of fused-ring (bicyclic) bond motifs is 2. The van der Waals surface area contributed by atoms with Gasteiger partial charge in [0.05, 0.1) is 43.8 Å². The van der Waals surface area contributed by atoms with Gasteiger partial charge < -0.3 is 20.1 Å². The van der Waals surface area contributed by atoms with Crippen LogP contribution in [0.5, 0.6) is 5.88 Å². The lowest BCUT2D eigenvalue weighted by Crippen LogP contribution is -2.48. The van der Waals surface area contributed by atoms with Crippen LogP contribution in [0.15, 0.2) is 29.4 Å². The highest BCUT2D eigenvalue weighted by Crippen LogP contribution is 2.37. The number of alkyl halides is 3. The number of hydrogen-bond acceptors (Lipinski definition) is 8. The fourth-order valence-electron chi connectivity index (χ4n) is 5.32. The fraction of sp³-hybridized carbons (Fsp3) is 0.519. The number of rotatable bonds is 10. The van der Waals surface area contributed by atoms with E-state index in [0.29, 0.717) is 55.0 Å². The molecule has 0 aliphatic carbocycles. The third kappa shape index (κ3) is 5.91. The molecule has 2 aliphatic heterocycles. The molecule has 0 spiro atoms. The number of benzene rings is 1. The predicted molar refractivity (Wildman–Crippen MR) is 144 cm³/mol. The average Bonchev–Trinajstić information content (AvgIpc) is 3.26. The summed E-state index contributed by atoms with van der Waals surface area (Å²) in [5, 5.41) is 10.3. The first kappa shape index (κ1) is 28.2. The molecule has 1 fully saturated rings. The summed E-state index contributed by atoms with van der Waals surface area (Å²) in [5.41, 5.74) is 3.34. The zero-order valence-electron chi connectivity index (χ0n) is 22.6. The van der Waals surface area contributed by atoms with Crippen molar-refractivity contribution >= 4 is 22.9 Å². The van der Waals surface area contributed by atoms with Crippen LogP contribution in [0.4, 0.5) is 29.2 Å². The summed E-state index contributed by atoms with van der Waals surface area (Å²) in [6.45, 7) is 3.52. The molecular weight excluding hydrogens is 530 g/mol. The Morgan fingerprint density at radius 1 is 1.23 bits per heavy atom. The summed E-state index contributed by atoms with van der Waals surface area (Å²) < 4.78 is 67.8. The standard InChI is InChI=1S/C27H33F4N7O2/c1-15-22(32-12-23(30)31)11-17-10-16(4-5-20(17)33-15)24-19(29)14-38-25(24)26(40-3)35-27(36-38)34-21-6-7-37(8-9-39-2)13-18(21)28/h4-5,10,14,18,21-23,32H,6-9,11-13H2,1-3H3,(H,34,36)/t18-,21+,22?/m1/s1. The van der Waals surface area contributed by atoms with Gasteiger partial charge in [0.1, 0.15) is 11.7 Å². The first-order valence-electron chi connectivity index (χ1n) is 13.2. The highest BCUT2D eigenvalue weighted by molar-refractivity contribution is 5.93. The van der Waals surface area contributed by atoms with Crippen LogP contribution in [0, 0.1) is 5.82 Å². The van der Waals surface area contributed by atoms with Gasteiger partial charge in [0.2, 0.25) is 11.8 Å². The normalized spacial score (nSPS) is 21.5. The van der Waals surface area contributed by atoms with Gasteiger partial charge >= 0.3 is 0 Å². The van der Waals surface area contributed by atoms with Crippen LogP contribution < -0.4 is 15.4 Å². The van der Waals surface area contributed by atoms with E-state index in [2.05, 4.69) is 25.7 Å². The van der Waals surface area contributed by atoms with Gasteiger partial charge in [-0.3, -0.25) is 9.89 Å². The maximum absolute atomic E-state index is 15.4. The summed E-state index contributed by atoms with van der Waals surface area (Å²) in [7, 11) is 3.04. The zero-order valence-corrected chi connectivity index (χ0v) is 22.6. The Morgan fingerprint density at radius 3 is 2.77 bits per heavy atom. The van der Waals surface area contributed by atoms with Crippen LogP contribution in [0.2, 0.25) is 0 Å². The Labute approximate surface area is 229 Å². The third-order valence-corrected chi connectivity index (χ3v) is 7.41. The van der Waals surface area contributed by atoms with E-state index in [9.17, 15) is 13.2 Å². The molecule has 0 radical (unpaired) electrons. The van der Waals surface area contributed by atoms with Gasteiger partial charge in [-0.15, -0.1) is 5.10 Å². The molecule has 0 saturated carbocycles. The molecule has 13 heteroatoms. The lowest BCUT2D eigenvalue weighted by atomic mass is 9.94. The van der Waals surface area contributed by atoms with Gasteiger partial charge in [-0.25, -0.2) is 22.1 Å². The van der Waals surface area contributed by atoms with E-state index in [0.717, 1.165) is 5.56 Å². The Kier molecular flexibility index (Phi) is 8.52. The summed E-state index contributed by atoms with van der Waals surface area (Å²) in [6.07, 6.45) is -1.40. The van der Waals surface area contributed by atoms with Gasteiger partial charge in [-0.1, -0.05) is 6.07 Å². The molecule has 1 saturated heterocycles. The SMILES string of the molecule is COCCN1CC[C@H](Nc2nc(OC)c3c(-c4ccc5c(c4)CC(NCC(F)F)C(C)=N5)c(F)cn3n2)[C@H](F)C1. The molecule has 3 aromatic rings. The largest absolute Gasteiger partial charge is 0.479 e. The van der Waals surface area contributed by atoms with E-state index < -0.39 is 31.0 Å². The summed E-state index contributed by atoms with van der Waals surface area (Å²) in [4.78, 5) is 11.0. The van der Waals surface area contributed by atoms with Crippen molar-refractivity contribution in [3.05, 3.63) is 35.8 Å². The van der Waals surface area contributed by atoms with Crippen LogP contribution in [-0.4, -0.2) is 96.9 Å². The van der Waals surface area contributed by atoms with Crippen molar-refractivity contribution in [1.82, 2.24) is 24.8 Å². The van der Waals surface area contributed by atoms with Crippen molar-refractivity contribution < 1.29 is 27.0 Å². The first-order valence-corrected chi connectivity index (χ1v) is 13.2. The van der Waals surface area contributed by atoms with Gasteiger partial charge in [-0.2, -0.15) is 4.98 Å². The second kappa shape index (κ2) is 12.1. The molecule has 1 unspecified atom stereocenters. The van der Waals surface area contributed by atoms with Gasteiger partial charge in [0.25, 0.3) is 6.43 Å². The van der Waals surface area contributed by atoms with E-state index in [1.165, 1.54) is 17.8 Å².